The first kappa shape index (κ1) is 12.1. The van der Waals surface area contributed by atoms with Gasteiger partial charge in [0.15, 0.2) is 5.65 Å². The number of aliphatic hydroxyl groups excluding tert-OH is 1. The molecule has 3 rings (SSSR count). The van der Waals surface area contributed by atoms with E-state index in [1.54, 1.807) is 23.0 Å². The highest BCUT2D eigenvalue weighted by Crippen LogP contribution is 2.34. The highest BCUT2D eigenvalue weighted by molar-refractivity contribution is 6.00. The molecule has 6 nitrogen and oxygen atoms in total. The molecular weight excluding hydrogens is 244 g/mol. The average Bonchev–Trinajstić information content (AvgIpc) is 2.78. The summed E-state index contributed by atoms with van der Waals surface area (Å²) in [5, 5.41) is 14.0. The molecule has 6 heteroatoms. The van der Waals surface area contributed by atoms with Gasteiger partial charge in [-0.1, -0.05) is 0 Å². The monoisotopic (exact) mass is 260 g/mol. The van der Waals surface area contributed by atoms with Crippen molar-refractivity contribution in [3.05, 3.63) is 29.7 Å². The van der Waals surface area contributed by atoms with Crippen molar-refractivity contribution in [2.75, 3.05) is 0 Å². The summed E-state index contributed by atoms with van der Waals surface area (Å²) in [5.74, 6) is -0.317. The lowest BCUT2D eigenvalue weighted by Crippen LogP contribution is -2.20. The highest BCUT2D eigenvalue weighted by Gasteiger charge is 2.28. The van der Waals surface area contributed by atoms with Crippen molar-refractivity contribution < 1.29 is 9.90 Å². The second-order valence-corrected chi connectivity index (χ2v) is 5.02. The summed E-state index contributed by atoms with van der Waals surface area (Å²) in [6.45, 7) is 0. The molecule has 1 aliphatic rings. The third-order valence-electron chi connectivity index (χ3n) is 3.75. The van der Waals surface area contributed by atoms with Gasteiger partial charge in [0, 0.05) is 18.3 Å². The largest absolute Gasteiger partial charge is 0.393 e. The van der Waals surface area contributed by atoms with Crippen molar-refractivity contribution in [1.29, 1.82) is 0 Å². The standard InChI is InChI=1S/C13H16N4O2/c14-12(19)10-11(8-2-4-9(18)5-3-8)16-17-7-1-6-15-13(10)17/h1,6-9,18H,2-5H2,(H2,14,19). The first-order valence-corrected chi connectivity index (χ1v) is 6.48. The number of hydrogen-bond acceptors (Lipinski definition) is 4. The number of aliphatic hydroxyl groups is 1. The quantitative estimate of drug-likeness (QED) is 0.837. The maximum atomic E-state index is 11.7. The predicted octanol–water partition coefficient (Wildman–Crippen LogP) is 0.847. The number of primary amides is 1. The van der Waals surface area contributed by atoms with Crippen LogP contribution in [0.5, 0.6) is 0 Å². The van der Waals surface area contributed by atoms with Gasteiger partial charge in [0.25, 0.3) is 5.91 Å². The number of nitrogens with zero attached hydrogens (tertiary/aromatic N) is 3. The lowest BCUT2D eigenvalue weighted by molar-refractivity contribution is 0.0998. The molecule has 1 saturated carbocycles. The smallest absolute Gasteiger partial charge is 0.254 e. The van der Waals surface area contributed by atoms with Crippen molar-refractivity contribution >= 4 is 11.6 Å². The lowest BCUT2D eigenvalue weighted by atomic mass is 9.84. The van der Waals surface area contributed by atoms with Gasteiger partial charge in [-0.05, 0) is 31.7 Å². The van der Waals surface area contributed by atoms with E-state index in [9.17, 15) is 9.90 Å². The van der Waals surface area contributed by atoms with E-state index in [1.165, 1.54) is 0 Å². The molecule has 0 aliphatic heterocycles. The lowest BCUT2D eigenvalue weighted by Gasteiger charge is -2.24. The number of nitrogens with two attached hydrogens (primary N) is 1. The average molecular weight is 260 g/mol. The van der Waals surface area contributed by atoms with Crippen LogP contribution in [0.3, 0.4) is 0 Å². The Morgan fingerprint density at radius 2 is 2.11 bits per heavy atom. The van der Waals surface area contributed by atoms with Crippen LogP contribution in [0.4, 0.5) is 0 Å². The molecule has 2 heterocycles. The van der Waals surface area contributed by atoms with Gasteiger partial charge < -0.3 is 10.8 Å². The fraction of sp³-hybridized carbons (Fsp3) is 0.462. The van der Waals surface area contributed by atoms with Gasteiger partial charge in [-0.2, -0.15) is 5.10 Å². The molecule has 0 aromatic carbocycles. The normalized spacial score (nSPS) is 23.6. The van der Waals surface area contributed by atoms with Gasteiger partial charge in [0.2, 0.25) is 0 Å². The Hall–Kier alpha value is -1.95. The second-order valence-electron chi connectivity index (χ2n) is 5.02. The Morgan fingerprint density at radius 3 is 2.79 bits per heavy atom. The van der Waals surface area contributed by atoms with Crippen LogP contribution >= 0.6 is 0 Å². The van der Waals surface area contributed by atoms with E-state index in [0.717, 1.165) is 31.4 Å². The summed E-state index contributed by atoms with van der Waals surface area (Å²) in [5.41, 5.74) is 7.13. The molecule has 3 N–H and O–H groups in total. The van der Waals surface area contributed by atoms with Crippen molar-refractivity contribution in [2.45, 2.75) is 37.7 Å². The van der Waals surface area contributed by atoms with Crippen molar-refractivity contribution in [1.82, 2.24) is 14.6 Å². The summed E-state index contributed by atoms with van der Waals surface area (Å²) in [6.07, 6.45) is 6.28. The molecule has 0 unspecified atom stereocenters. The predicted molar refractivity (Wildman–Crippen MR) is 68.7 cm³/mol. The van der Waals surface area contributed by atoms with Gasteiger partial charge in [-0.3, -0.25) is 4.79 Å². The summed E-state index contributed by atoms with van der Waals surface area (Å²) in [6, 6.07) is 1.76. The molecule has 0 bridgehead atoms. The molecule has 0 saturated heterocycles. The van der Waals surface area contributed by atoms with E-state index in [0.29, 0.717) is 11.2 Å². The van der Waals surface area contributed by atoms with Crippen LogP contribution in [0.2, 0.25) is 0 Å². The molecule has 1 amide bonds. The van der Waals surface area contributed by atoms with Crippen molar-refractivity contribution in [2.24, 2.45) is 5.73 Å². The van der Waals surface area contributed by atoms with Gasteiger partial charge in [-0.25, -0.2) is 9.50 Å². The van der Waals surface area contributed by atoms with Gasteiger partial charge in [0.05, 0.1) is 11.8 Å². The summed E-state index contributed by atoms with van der Waals surface area (Å²) >= 11 is 0. The van der Waals surface area contributed by atoms with Crippen molar-refractivity contribution in [3.63, 3.8) is 0 Å². The van der Waals surface area contributed by atoms with Gasteiger partial charge in [0.1, 0.15) is 5.56 Å². The minimum atomic E-state index is -0.491. The molecule has 2 aromatic rings. The zero-order valence-electron chi connectivity index (χ0n) is 10.5. The molecule has 100 valence electrons. The zero-order chi connectivity index (χ0) is 13.4. The SMILES string of the molecule is NC(=O)c1c(C2CCC(O)CC2)nn2cccnc12. The first-order chi connectivity index (χ1) is 9.16. The van der Waals surface area contributed by atoms with E-state index in [2.05, 4.69) is 10.1 Å². The van der Waals surface area contributed by atoms with Crippen LogP contribution in [0.15, 0.2) is 18.5 Å². The topological polar surface area (TPSA) is 93.5 Å². The molecule has 0 spiro atoms. The number of carbonyl (C=O) groups excluding carboxylic acids is 1. The molecule has 0 radical (unpaired) electrons. The number of fused-ring (bicyclic) bond motifs is 1. The molecular formula is C13H16N4O2. The van der Waals surface area contributed by atoms with E-state index in [4.69, 9.17) is 5.73 Å². The number of aromatic nitrogens is 3. The van der Waals surface area contributed by atoms with E-state index >= 15 is 0 Å². The van der Waals surface area contributed by atoms with Crippen LogP contribution in [0.1, 0.15) is 47.7 Å². The number of rotatable bonds is 2. The Bertz CT molecular complexity index is 614. The maximum absolute atomic E-state index is 11.7. The summed E-state index contributed by atoms with van der Waals surface area (Å²) in [4.78, 5) is 15.9. The first-order valence-electron chi connectivity index (χ1n) is 6.48. The van der Waals surface area contributed by atoms with E-state index in [-0.39, 0.29) is 12.0 Å². The maximum Gasteiger partial charge on any atom is 0.254 e. The van der Waals surface area contributed by atoms with Crippen LogP contribution in [0.25, 0.3) is 5.65 Å². The molecule has 19 heavy (non-hydrogen) atoms. The molecule has 2 aromatic heterocycles. The van der Waals surface area contributed by atoms with Crippen LogP contribution in [-0.2, 0) is 0 Å². The van der Waals surface area contributed by atoms with E-state index in [1.807, 2.05) is 0 Å². The van der Waals surface area contributed by atoms with Crippen LogP contribution in [-0.4, -0.2) is 31.7 Å². The summed E-state index contributed by atoms with van der Waals surface area (Å²) in [7, 11) is 0. The van der Waals surface area contributed by atoms with Crippen LogP contribution < -0.4 is 5.73 Å². The Balaban J connectivity index is 2.07. The van der Waals surface area contributed by atoms with E-state index < -0.39 is 5.91 Å². The van der Waals surface area contributed by atoms with Crippen LogP contribution in [0, 0.1) is 0 Å². The third kappa shape index (κ3) is 2.08. The molecule has 1 fully saturated rings. The Kier molecular flexibility index (Phi) is 2.94. The number of amides is 1. The highest BCUT2D eigenvalue weighted by atomic mass is 16.3. The number of hydrogen-bond donors (Lipinski definition) is 2. The van der Waals surface area contributed by atoms with Crippen molar-refractivity contribution in [3.8, 4) is 0 Å². The third-order valence-corrected chi connectivity index (χ3v) is 3.75. The fourth-order valence-electron chi connectivity index (χ4n) is 2.78. The van der Waals surface area contributed by atoms with Gasteiger partial charge >= 0.3 is 0 Å². The minimum Gasteiger partial charge on any atom is -0.393 e. The van der Waals surface area contributed by atoms with Gasteiger partial charge in [-0.15, -0.1) is 0 Å². The Labute approximate surface area is 110 Å². The summed E-state index contributed by atoms with van der Waals surface area (Å²) < 4.78 is 1.60. The molecule has 1 aliphatic carbocycles. The second kappa shape index (κ2) is 4.62. The number of carbonyl (C=O) groups is 1. The fourth-order valence-corrected chi connectivity index (χ4v) is 2.78. The zero-order valence-corrected chi connectivity index (χ0v) is 10.5. The Morgan fingerprint density at radius 1 is 1.37 bits per heavy atom. The minimum absolute atomic E-state index is 0.174. The molecule has 0 atom stereocenters.